The third-order valence-electron chi connectivity index (χ3n) is 2.52. The lowest BCUT2D eigenvalue weighted by atomic mass is 10.3. The van der Waals surface area contributed by atoms with Gasteiger partial charge in [-0.05, 0) is 15.9 Å². The lowest BCUT2D eigenvalue weighted by molar-refractivity contribution is 0.768. The highest BCUT2D eigenvalue weighted by Crippen LogP contribution is 2.25. The van der Waals surface area contributed by atoms with Crippen molar-refractivity contribution in [1.82, 2.24) is 24.1 Å². The fourth-order valence-corrected chi connectivity index (χ4v) is 2.21. The van der Waals surface area contributed by atoms with E-state index in [0.29, 0.717) is 11.5 Å². The number of fused-ring (bicyclic) bond motifs is 1. The second kappa shape index (κ2) is 3.56. The summed E-state index contributed by atoms with van der Waals surface area (Å²) in [5, 5.41) is 4.14. The van der Waals surface area contributed by atoms with Crippen molar-refractivity contribution >= 4 is 27.4 Å². The highest BCUT2D eigenvalue weighted by atomic mass is 79.9. The molecule has 0 aromatic carbocycles. The zero-order valence-electron chi connectivity index (χ0n) is 9.00. The summed E-state index contributed by atoms with van der Waals surface area (Å²) in [4.78, 5) is 8.32. The third kappa shape index (κ3) is 1.50. The Morgan fingerprint density at radius 1 is 1.24 bits per heavy atom. The van der Waals surface area contributed by atoms with Crippen LogP contribution in [0, 0.1) is 0 Å². The molecule has 0 spiro atoms. The third-order valence-corrected chi connectivity index (χ3v) is 3.07. The van der Waals surface area contributed by atoms with E-state index in [0.717, 1.165) is 15.9 Å². The van der Waals surface area contributed by atoms with Gasteiger partial charge in [-0.2, -0.15) is 5.10 Å². The van der Waals surface area contributed by atoms with E-state index in [1.54, 1.807) is 23.3 Å². The Hall–Kier alpha value is -1.89. The van der Waals surface area contributed by atoms with Crippen LogP contribution in [0.2, 0.25) is 0 Å². The summed E-state index contributed by atoms with van der Waals surface area (Å²) in [6.45, 7) is 0. The van der Waals surface area contributed by atoms with Crippen LogP contribution in [-0.4, -0.2) is 24.1 Å². The second-order valence-electron chi connectivity index (χ2n) is 3.67. The molecule has 0 aliphatic carbocycles. The number of hydrogen-bond acceptors (Lipinski definition) is 4. The summed E-state index contributed by atoms with van der Waals surface area (Å²) in [6, 6.07) is 0. The van der Waals surface area contributed by atoms with Crippen LogP contribution < -0.4 is 5.73 Å². The zero-order chi connectivity index (χ0) is 12.0. The molecule has 0 unspecified atom stereocenters. The smallest absolute Gasteiger partial charge is 0.181 e. The largest absolute Gasteiger partial charge is 0.381 e. The normalized spacial score (nSPS) is 11.2. The first-order valence-electron chi connectivity index (χ1n) is 4.93. The summed E-state index contributed by atoms with van der Waals surface area (Å²) >= 11 is 3.44. The van der Waals surface area contributed by atoms with Gasteiger partial charge in [-0.3, -0.25) is 9.08 Å². The van der Waals surface area contributed by atoms with Gasteiger partial charge in [0.05, 0.1) is 24.3 Å². The second-order valence-corrected chi connectivity index (χ2v) is 4.48. The minimum atomic E-state index is 0.406. The molecular weight excluding hydrogens is 284 g/mol. The first kappa shape index (κ1) is 10.3. The Kier molecular flexibility index (Phi) is 2.15. The molecule has 3 aromatic heterocycles. The van der Waals surface area contributed by atoms with Gasteiger partial charge in [0, 0.05) is 18.8 Å². The van der Waals surface area contributed by atoms with Crippen molar-refractivity contribution in [3.8, 4) is 11.3 Å². The van der Waals surface area contributed by atoms with Crippen molar-refractivity contribution in [2.24, 2.45) is 7.05 Å². The molecule has 3 heterocycles. The molecule has 6 nitrogen and oxygen atoms in total. The van der Waals surface area contributed by atoms with Gasteiger partial charge in [-0.1, -0.05) is 0 Å². The van der Waals surface area contributed by atoms with Crippen LogP contribution in [0.4, 0.5) is 5.82 Å². The Bertz CT molecular complexity index is 698. The molecule has 0 saturated carbocycles. The molecule has 0 fully saturated rings. The van der Waals surface area contributed by atoms with Gasteiger partial charge >= 0.3 is 0 Å². The number of anilines is 1. The highest BCUT2D eigenvalue weighted by molar-refractivity contribution is 9.10. The maximum Gasteiger partial charge on any atom is 0.181 e. The van der Waals surface area contributed by atoms with Crippen LogP contribution in [0.15, 0.2) is 29.4 Å². The highest BCUT2D eigenvalue weighted by Gasteiger charge is 2.12. The Morgan fingerprint density at radius 2 is 2.06 bits per heavy atom. The molecule has 0 aliphatic heterocycles. The molecule has 0 saturated heterocycles. The van der Waals surface area contributed by atoms with Gasteiger partial charge in [0.25, 0.3) is 0 Å². The lowest BCUT2D eigenvalue weighted by Crippen LogP contribution is -1.98. The molecule has 3 aromatic rings. The van der Waals surface area contributed by atoms with Crippen LogP contribution in [0.1, 0.15) is 0 Å². The number of nitrogens with two attached hydrogens (primary N) is 1. The Labute approximate surface area is 105 Å². The van der Waals surface area contributed by atoms with E-state index in [4.69, 9.17) is 5.73 Å². The van der Waals surface area contributed by atoms with Crippen molar-refractivity contribution in [2.45, 2.75) is 0 Å². The van der Waals surface area contributed by atoms with E-state index < -0.39 is 0 Å². The zero-order valence-corrected chi connectivity index (χ0v) is 10.6. The van der Waals surface area contributed by atoms with Crippen LogP contribution in [0.25, 0.3) is 16.9 Å². The minimum absolute atomic E-state index is 0.406. The fourth-order valence-electron chi connectivity index (χ4n) is 1.74. The monoisotopic (exact) mass is 292 g/mol. The molecule has 0 atom stereocenters. The number of halogens is 1. The van der Waals surface area contributed by atoms with Crippen molar-refractivity contribution < 1.29 is 0 Å². The number of imidazole rings is 1. The van der Waals surface area contributed by atoms with Gasteiger partial charge in [0.2, 0.25) is 0 Å². The van der Waals surface area contributed by atoms with Crippen molar-refractivity contribution in [3.63, 3.8) is 0 Å². The minimum Gasteiger partial charge on any atom is -0.381 e. The van der Waals surface area contributed by atoms with Crippen LogP contribution in [0.5, 0.6) is 0 Å². The van der Waals surface area contributed by atoms with E-state index in [1.165, 1.54) is 0 Å². The summed E-state index contributed by atoms with van der Waals surface area (Å²) in [6.07, 6.45) is 7.12. The molecule has 2 N–H and O–H groups in total. The first-order chi connectivity index (χ1) is 8.16. The SMILES string of the molecule is Cn1cc(-c2cnc3c(N)ncc(Br)n23)cn1. The predicted molar refractivity (Wildman–Crippen MR) is 67.3 cm³/mol. The molecule has 0 amide bonds. The molecule has 3 rings (SSSR count). The van der Waals surface area contributed by atoms with Crippen molar-refractivity contribution in [2.75, 3.05) is 5.73 Å². The van der Waals surface area contributed by atoms with Crippen molar-refractivity contribution in [1.29, 1.82) is 0 Å². The lowest BCUT2D eigenvalue weighted by Gasteiger charge is -2.03. The van der Waals surface area contributed by atoms with Crippen LogP contribution >= 0.6 is 15.9 Å². The number of nitrogen functional groups attached to an aromatic ring is 1. The maximum absolute atomic E-state index is 5.79. The van der Waals surface area contributed by atoms with E-state index in [2.05, 4.69) is 31.0 Å². The van der Waals surface area contributed by atoms with Gasteiger partial charge in [0.15, 0.2) is 11.5 Å². The number of aromatic nitrogens is 5. The van der Waals surface area contributed by atoms with Gasteiger partial charge in [-0.15, -0.1) is 0 Å². The van der Waals surface area contributed by atoms with E-state index in [-0.39, 0.29) is 0 Å². The van der Waals surface area contributed by atoms with Gasteiger partial charge in [-0.25, -0.2) is 9.97 Å². The standard InChI is InChI=1S/C10H9BrN6/c1-16-5-6(2-15-16)7-3-14-10-9(12)13-4-8(11)17(7)10/h2-5H,1H3,(H2,12,13). The van der Waals surface area contributed by atoms with E-state index in [9.17, 15) is 0 Å². The Morgan fingerprint density at radius 3 is 2.76 bits per heavy atom. The number of hydrogen-bond donors (Lipinski definition) is 1. The molecule has 17 heavy (non-hydrogen) atoms. The summed E-state index contributed by atoms with van der Waals surface area (Å²) in [5.41, 5.74) is 8.33. The summed E-state index contributed by atoms with van der Waals surface area (Å²) < 4.78 is 4.45. The van der Waals surface area contributed by atoms with Gasteiger partial charge in [0.1, 0.15) is 4.60 Å². The number of rotatable bonds is 1. The molecule has 7 heteroatoms. The topological polar surface area (TPSA) is 74.0 Å². The molecule has 0 radical (unpaired) electrons. The molecule has 86 valence electrons. The average Bonchev–Trinajstić information content (AvgIpc) is 2.89. The Balaban J connectivity index is 2.35. The van der Waals surface area contributed by atoms with E-state index >= 15 is 0 Å². The molecule has 0 aliphatic rings. The van der Waals surface area contributed by atoms with Crippen LogP contribution in [0.3, 0.4) is 0 Å². The quantitative estimate of drug-likeness (QED) is 0.737. The summed E-state index contributed by atoms with van der Waals surface area (Å²) in [5.74, 6) is 0.406. The summed E-state index contributed by atoms with van der Waals surface area (Å²) in [7, 11) is 1.87. The van der Waals surface area contributed by atoms with Crippen molar-refractivity contribution in [3.05, 3.63) is 29.4 Å². The maximum atomic E-state index is 5.79. The predicted octanol–water partition coefficient (Wildman–Crippen LogP) is 1.47. The van der Waals surface area contributed by atoms with E-state index in [1.807, 2.05) is 17.6 Å². The number of nitrogens with zero attached hydrogens (tertiary/aromatic N) is 5. The number of aryl methyl sites for hydroxylation is 1. The fraction of sp³-hybridized carbons (Fsp3) is 0.100. The average molecular weight is 293 g/mol. The van der Waals surface area contributed by atoms with Crippen LogP contribution in [-0.2, 0) is 7.05 Å². The first-order valence-corrected chi connectivity index (χ1v) is 5.72. The molecule has 0 bridgehead atoms. The molecular formula is C10H9BrN6. The van der Waals surface area contributed by atoms with Gasteiger partial charge < -0.3 is 5.73 Å².